The number of hydrogen-bond acceptors (Lipinski definition) is 23. The molecule has 0 N–H and O–H groups in total. The van der Waals surface area contributed by atoms with Crippen molar-refractivity contribution in [3.05, 3.63) is 198 Å². The number of pyridine rings is 5. The molecule has 4 aliphatic rings. The Labute approximate surface area is 646 Å². The van der Waals surface area contributed by atoms with Crippen LogP contribution in [0.3, 0.4) is 0 Å². The van der Waals surface area contributed by atoms with Gasteiger partial charge in [0.25, 0.3) is 0 Å². The van der Waals surface area contributed by atoms with Crippen LogP contribution >= 0.6 is 0 Å². The number of benzene rings is 4. The van der Waals surface area contributed by atoms with E-state index < -0.39 is 31.2 Å². The van der Waals surface area contributed by atoms with Gasteiger partial charge in [-0.1, -0.05) is 48.5 Å². The first kappa shape index (κ1) is 63.6. The highest BCUT2D eigenvalue weighted by Gasteiger charge is 2.43. The fourth-order valence-electron chi connectivity index (χ4n) is 16.4. The molecule has 4 aromatic carbocycles. The Morgan fingerprint density at radius 2 is 0.582 bits per heavy atom. The number of aromatic nitrogens is 11. The quantitative estimate of drug-likeness (QED) is 0.145. The highest BCUT2D eigenvalue weighted by molar-refractivity contribution is 6.13. The molecule has 16 aromatic rings. The summed E-state index contributed by atoms with van der Waals surface area (Å²) in [5.74, 6) is 4.54. The van der Waals surface area contributed by atoms with Crippen molar-refractivity contribution in [3.8, 4) is 0 Å². The minimum atomic E-state index is -2.35. The first-order valence-corrected chi connectivity index (χ1v) is 37.0. The average Bonchev–Trinajstić information content (AvgIpc) is 1.58. The number of anilines is 12. The Morgan fingerprint density at radius 3 is 0.918 bits per heavy atom. The van der Waals surface area contributed by atoms with Crippen molar-refractivity contribution in [2.45, 2.75) is 167 Å². The van der Waals surface area contributed by atoms with Crippen LogP contribution in [-0.2, 0) is 0 Å². The fraction of sp³-hybridized carbons (Fsp3) is 0.299. The second-order valence-corrected chi connectivity index (χ2v) is 29.3. The highest BCUT2D eigenvalue weighted by atomic mass is 16.4. The molecule has 0 saturated carbocycles. The summed E-state index contributed by atoms with van der Waals surface area (Å²) in [5.41, 5.74) is 18.0. The Morgan fingerprint density at radius 1 is 0.309 bits per heavy atom. The molecule has 23 heteroatoms. The lowest BCUT2D eigenvalue weighted by Gasteiger charge is -2.33. The first-order valence-electron chi connectivity index (χ1n) is 40.0. The SMILES string of the molecule is [2H]C(C)(C)N1c2ncccc2N(c2c(C)ccc3c2oc2nc(C)ccc23)C1C.[2H]C(C)(C)N1c2nccnc2N(c2c(C)ccc3c2oc2nc(C)ccc23)C1C.[2H]C(C)(C)N1c2nccnc2N(c2c(C)ccc3c2oc2nc(C)ccc23)C1C.[2H]C([2H])([2H])N1c2nccnc2N(c2c(C)ccc3c2oc2nc(C)ccc23)C1C. The maximum Gasteiger partial charge on any atom is 0.227 e. The summed E-state index contributed by atoms with van der Waals surface area (Å²) >= 11 is 0. The van der Waals surface area contributed by atoms with E-state index in [-0.39, 0.29) is 18.5 Å². The van der Waals surface area contributed by atoms with Crippen molar-refractivity contribution in [2.75, 3.05) is 46.2 Å². The minimum absolute atomic E-state index is 0.0837. The van der Waals surface area contributed by atoms with Gasteiger partial charge < -0.3 is 42.2 Å². The summed E-state index contributed by atoms with van der Waals surface area (Å²) in [4.78, 5) is 65.7. The van der Waals surface area contributed by atoms with Crippen molar-refractivity contribution in [1.29, 1.82) is 0 Å². The number of nitrogens with zero attached hydrogens (tertiary/aromatic N) is 19. The monoisotopic (exact) mass is 1470 g/mol. The molecule has 0 bridgehead atoms. The molecule has 20 rings (SSSR count). The van der Waals surface area contributed by atoms with E-state index in [0.717, 1.165) is 151 Å². The van der Waals surface area contributed by atoms with E-state index in [1.165, 1.54) is 11.1 Å². The Bertz CT molecular complexity index is 5830. The fourth-order valence-corrected chi connectivity index (χ4v) is 16.4. The summed E-state index contributed by atoms with van der Waals surface area (Å²) in [5, 5.41) is 7.95. The molecule has 4 aliphatic heterocycles. The van der Waals surface area contributed by atoms with Gasteiger partial charge >= 0.3 is 0 Å². The Hall–Kier alpha value is -12.5. The third-order valence-corrected chi connectivity index (χ3v) is 21.3. The van der Waals surface area contributed by atoms with E-state index in [4.69, 9.17) is 25.9 Å². The summed E-state index contributed by atoms with van der Waals surface area (Å²) in [6.07, 6.45) is 10.7. The predicted molar refractivity (Wildman–Crippen MR) is 442 cm³/mol. The molecule has 0 amide bonds. The Kier molecular flexibility index (Phi) is 15.6. The average molecular weight is 1470 g/mol. The smallest absolute Gasteiger partial charge is 0.227 e. The number of rotatable bonds is 7. The van der Waals surface area contributed by atoms with Crippen molar-refractivity contribution < 1.29 is 25.9 Å². The maximum absolute atomic E-state index is 8.70. The van der Waals surface area contributed by atoms with E-state index in [9.17, 15) is 0 Å². The van der Waals surface area contributed by atoms with Crippen molar-refractivity contribution in [1.82, 2.24) is 54.8 Å². The summed E-state index contributed by atoms with van der Waals surface area (Å²) in [7, 11) is 0. The first-order chi connectivity index (χ1) is 55.1. The molecule has 0 fully saturated rings. The van der Waals surface area contributed by atoms with Crippen molar-refractivity contribution >= 4 is 157 Å². The number of hydrogen-bond donors (Lipinski definition) is 0. The molecular weight excluding hydrogens is 1380 g/mol. The molecule has 12 aromatic heterocycles. The van der Waals surface area contributed by atoms with Gasteiger partial charge in [-0.3, -0.25) is 14.7 Å². The molecule has 4 atom stereocenters. The third kappa shape index (κ3) is 11.2. The van der Waals surface area contributed by atoms with E-state index in [1.54, 1.807) is 37.2 Å². The van der Waals surface area contributed by atoms with Gasteiger partial charge in [-0.2, -0.15) is 0 Å². The lowest BCUT2D eigenvalue weighted by atomic mass is 10.1. The molecule has 16 heterocycles. The molecule has 0 aliphatic carbocycles. The van der Waals surface area contributed by atoms with Crippen LogP contribution in [0.5, 0.6) is 0 Å². The molecule has 0 saturated heterocycles. The summed E-state index contributed by atoms with van der Waals surface area (Å²) in [6, 6.07) is 34.3. The van der Waals surface area contributed by atoms with E-state index in [0.29, 0.717) is 51.7 Å². The number of furan rings is 4. The minimum Gasteiger partial charge on any atom is -0.435 e. The van der Waals surface area contributed by atoms with Gasteiger partial charge in [-0.05, 0) is 208 Å². The molecular formula is C87H89N19O4. The molecule has 23 nitrogen and oxygen atoms in total. The van der Waals surface area contributed by atoms with Crippen LogP contribution in [0.15, 0.2) is 170 Å². The predicted octanol–water partition coefficient (Wildman–Crippen LogP) is 20.2. The summed E-state index contributed by atoms with van der Waals surface area (Å²) in [6.45, 7) is 33.0. The zero-order valence-corrected chi connectivity index (χ0v) is 64.9. The van der Waals surface area contributed by atoms with Gasteiger partial charge in [0, 0.05) is 138 Å². The van der Waals surface area contributed by atoms with Crippen LogP contribution in [0.25, 0.3) is 88.3 Å². The lowest BCUT2D eigenvalue weighted by Crippen LogP contribution is -2.42. The van der Waals surface area contributed by atoms with Crippen molar-refractivity contribution in [3.63, 3.8) is 0 Å². The second-order valence-electron chi connectivity index (χ2n) is 29.3. The number of aryl methyl sites for hydroxylation is 8. The maximum atomic E-state index is 8.70. The molecule has 0 radical (unpaired) electrons. The standard InChI is InChI=1S/C23H24N4O.2C22H23N5O.C20H19N5O/c1-13(2)26-16(5)27(19-7-6-12-24-22(19)26)20-14(3)8-10-17-18-11-9-15(4)25-23(18)28-21(17)20;2*1-12(2)26-15(5)27(21-20(26)23-10-11-24-21)18-13(3)6-8-16-17-9-7-14(4)25-22(17)28-19(16)18;1-11-5-7-14-15-8-6-12(2)23-20(15)26-17(14)16(11)25-13(3)24(4)18-19(25)22-10-9-21-18/h6-13,16H,1-5H3;2*6-12,15H,1-5H3;5-10,13H,1-4H3/i13D;2*12D;4D3. The van der Waals surface area contributed by atoms with E-state index in [1.807, 2.05) is 151 Å². The third-order valence-electron chi connectivity index (χ3n) is 21.3. The topological polar surface area (TPSA) is 220 Å². The largest absolute Gasteiger partial charge is 0.435 e. The Balaban J connectivity index is 0.000000111. The molecule has 4 unspecified atom stereocenters. The molecule has 0 spiro atoms. The van der Waals surface area contributed by atoms with Crippen LogP contribution < -0.4 is 39.2 Å². The van der Waals surface area contributed by atoms with E-state index in [2.05, 4.69) is 172 Å². The van der Waals surface area contributed by atoms with Gasteiger partial charge in [-0.15, -0.1) is 0 Å². The highest BCUT2D eigenvalue weighted by Crippen LogP contribution is 2.53. The van der Waals surface area contributed by atoms with Gasteiger partial charge in [0.15, 0.2) is 63.1 Å². The summed E-state index contributed by atoms with van der Waals surface area (Å²) < 4.78 is 75.1. The van der Waals surface area contributed by atoms with E-state index >= 15 is 0 Å². The van der Waals surface area contributed by atoms with Crippen LogP contribution in [0.1, 0.15) is 122 Å². The zero-order valence-electron chi connectivity index (χ0n) is 70.9. The van der Waals surface area contributed by atoms with Gasteiger partial charge in [0.05, 0.1) is 32.5 Å². The number of fused-ring (bicyclic) bond motifs is 16. The lowest BCUT2D eigenvalue weighted by molar-refractivity contribution is 0.597. The van der Waals surface area contributed by atoms with Crippen LogP contribution in [-0.4, -0.2) is 105 Å². The van der Waals surface area contributed by atoms with Crippen LogP contribution in [0.2, 0.25) is 0 Å². The normalized spacial score (nSPS) is 17.8. The molecule has 556 valence electrons. The van der Waals surface area contributed by atoms with Crippen LogP contribution in [0.4, 0.5) is 69.2 Å². The van der Waals surface area contributed by atoms with Gasteiger partial charge in [-0.25, -0.2) is 54.8 Å². The second kappa shape index (κ2) is 27.0. The molecule has 110 heavy (non-hydrogen) atoms. The van der Waals surface area contributed by atoms with Gasteiger partial charge in [0.1, 0.15) is 24.7 Å². The van der Waals surface area contributed by atoms with Crippen LogP contribution in [0, 0.1) is 55.4 Å². The van der Waals surface area contributed by atoms with Gasteiger partial charge in [0.2, 0.25) is 22.9 Å². The zero-order chi connectivity index (χ0) is 82.0. The van der Waals surface area contributed by atoms with Crippen molar-refractivity contribution in [2.24, 2.45) is 0 Å².